The van der Waals surface area contributed by atoms with Gasteiger partial charge in [-0.1, -0.05) is 26.0 Å². The molecule has 0 bridgehead atoms. The summed E-state index contributed by atoms with van der Waals surface area (Å²) in [5.74, 6) is 0.235. The van der Waals surface area contributed by atoms with Crippen molar-refractivity contribution in [3.63, 3.8) is 0 Å². The fraction of sp³-hybridized carbons (Fsp3) is 0.625. The van der Waals surface area contributed by atoms with Crippen molar-refractivity contribution in [1.82, 2.24) is 5.32 Å². The maximum absolute atomic E-state index is 12.4. The second-order valence-electron chi connectivity index (χ2n) is 5.39. The van der Waals surface area contributed by atoms with Crippen molar-refractivity contribution in [2.24, 2.45) is 0 Å². The van der Waals surface area contributed by atoms with Crippen LogP contribution in [-0.4, -0.2) is 26.8 Å². The summed E-state index contributed by atoms with van der Waals surface area (Å²) in [4.78, 5) is 0.494. The highest BCUT2D eigenvalue weighted by atomic mass is 32.2. The van der Waals surface area contributed by atoms with E-state index in [0.717, 1.165) is 30.5 Å². The van der Waals surface area contributed by atoms with Crippen molar-refractivity contribution in [2.45, 2.75) is 57.9 Å². The first-order valence-corrected chi connectivity index (χ1v) is 9.09. The maximum Gasteiger partial charge on any atom is 0.178 e. The third kappa shape index (κ3) is 4.91. The average Bonchev–Trinajstić information content (AvgIpc) is 2.40. The molecule has 0 aliphatic heterocycles. The van der Waals surface area contributed by atoms with E-state index in [1.807, 2.05) is 26.0 Å². The average molecular weight is 297 g/mol. The lowest BCUT2D eigenvalue weighted by atomic mass is 10.1. The Hall–Kier alpha value is -0.870. The van der Waals surface area contributed by atoms with E-state index in [1.54, 1.807) is 6.07 Å². The molecule has 0 aliphatic rings. The highest BCUT2D eigenvalue weighted by molar-refractivity contribution is 7.91. The van der Waals surface area contributed by atoms with Gasteiger partial charge < -0.3 is 5.32 Å². The monoisotopic (exact) mass is 297 g/mol. The van der Waals surface area contributed by atoms with E-state index < -0.39 is 9.84 Å². The molecule has 20 heavy (non-hydrogen) atoms. The van der Waals surface area contributed by atoms with Crippen LogP contribution in [0.3, 0.4) is 0 Å². The number of nitrogens with one attached hydrogen (secondary N) is 1. The van der Waals surface area contributed by atoms with Crippen LogP contribution in [0.5, 0.6) is 0 Å². The van der Waals surface area contributed by atoms with Crippen LogP contribution in [0, 0.1) is 13.8 Å². The summed E-state index contributed by atoms with van der Waals surface area (Å²) >= 11 is 0. The predicted molar refractivity (Wildman–Crippen MR) is 85.0 cm³/mol. The van der Waals surface area contributed by atoms with Crippen molar-refractivity contribution in [1.29, 1.82) is 0 Å². The van der Waals surface area contributed by atoms with Crippen LogP contribution < -0.4 is 5.32 Å². The number of sulfone groups is 1. The van der Waals surface area contributed by atoms with Gasteiger partial charge in [-0.15, -0.1) is 0 Å². The Morgan fingerprint density at radius 2 is 1.90 bits per heavy atom. The molecule has 114 valence electrons. The minimum Gasteiger partial charge on any atom is -0.314 e. The highest BCUT2D eigenvalue weighted by Crippen LogP contribution is 2.19. The maximum atomic E-state index is 12.4. The molecule has 1 unspecified atom stereocenters. The van der Waals surface area contributed by atoms with Crippen LogP contribution >= 0.6 is 0 Å². The molecule has 0 saturated heterocycles. The zero-order valence-electron chi connectivity index (χ0n) is 13.1. The molecule has 3 nitrogen and oxygen atoms in total. The zero-order valence-corrected chi connectivity index (χ0v) is 13.9. The molecule has 0 fully saturated rings. The first-order valence-electron chi connectivity index (χ1n) is 7.44. The lowest BCUT2D eigenvalue weighted by molar-refractivity contribution is 0.475. The molecular formula is C16H27NO2S. The molecule has 1 N–H and O–H groups in total. The second kappa shape index (κ2) is 7.79. The van der Waals surface area contributed by atoms with Gasteiger partial charge in [0.15, 0.2) is 9.84 Å². The van der Waals surface area contributed by atoms with Gasteiger partial charge in [-0.25, -0.2) is 8.42 Å². The predicted octanol–water partition coefficient (Wildman–Crippen LogP) is 3.25. The summed E-state index contributed by atoms with van der Waals surface area (Å²) in [5.41, 5.74) is 1.84. The van der Waals surface area contributed by atoms with Crippen LogP contribution in [0.1, 0.15) is 44.2 Å². The number of rotatable bonds is 8. The topological polar surface area (TPSA) is 46.2 Å². The van der Waals surface area contributed by atoms with Crippen molar-refractivity contribution in [3.05, 3.63) is 29.3 Å². The summed E-state index contributed by atoms with van der Waals surface area (Å²) in [6, 6.07) is 6.04. The zero-order chi connectivity index (χ0) is 15.2. The van der Waals surface area contributed by atoms with E-state index in [9.17, 15) is 8.42 Å². The van der Waals surface area contributed by atoms with Gasteiger partial charge in [-0.3, -0.25) is 0 Å². The molecule has 4 heteroatoms. The molecule has 1 aromatic carbocycles. The van der Waals surface area contributed by atoms with E-state index in [0.29, 0.717) is 17.4 Å². The molecule has 0 aromatic heterocycles. The van der Waals surface area contributed by atoms with Crippen molar-refractivity contribution < 1.29 is 8.42 Å². The molecule has 0 heterocycles. The Kier molecular flexibility index (Phi) is 6.69. The summed E-state index contributed by atoms with van der Waals surface area (Å²) < 4.78 is 24.8. The van der Waals surface area contributed by atoms with E-state index in [2.05, 4.69) is 19.2 Å². The molecule has 0 amide bonds. The molecule has 1 aromatic rings. The normalized spacial score (nSPS) is 13.4. The number of aryl methyl sites for hydroxylation is 2. The lowest BCUT2D eigenvalue weighted by Crippen LogP contribution is -2.28. The summed E-state index contributed by atoms with van der Waals surface area (Å²) in [5, 5.41) is 3.38. The van der Waals surface area contributed by atoms with Gasteiger partial charge in [0.1, 0.15) is 0 Å². The van der Waals surface area contributed by atoms with Crippen LogP contribution in [0.25, 0.3) is 0 Å². The van der Waals surface area contributed by atoms with Gasteiger partial charge in [0, 0.05) is 6.04 Å². The molecule has 0 spiro atoms. The van der Waals surface area contributed by atoms with Crippen LogP contribution in [-0.2, 0) is 9.84 Å². The van der Waals surface area contributed by atoms with Crippen LogP contribution in [0.15, 0.2) is 23.1 Å². The van der Waals surface area contributed by atoms with Crippen LogP contribution in [0.2, 0.25) is 0 Å². The molecular weight excluding hydrogens is 270 g/mol. The van der Waals surface area contributed by atoms with Gasteiger partial charge in [0.25, 0.3) is 0 Å². The van der Waals surface area contributed by atoms with Gasteiger partial charge in [-0.2, -0.15) is 0 Å². The fourth-order valence-electron chi connectivity index (χ4n) is 2.41. The minimum atomic E-state index is -3.16. The quantitative estimate of drug-likeness (QED) is 0.801. The van der Waals surface area contributed by atoms with Gasteiger partial charge in [0.2, 0.25) is 0 Å². The smallest absolute Gasteiger partial charge is 0.178 e. The first kappa shape index (κ1) is 17.2. The Morgan fingerprint density at radius 3 is 2.50 bits per heavy atom. The number of hydrogen-bond acceptors (Lipinski definition) is 3. The number of benzene rings is 1. The largest absolute Gasteiger partial charge is 0.314 e. The Morgan fingerprint density at radius 1 is 1.20 bits per heavy atom. The van der Waals surface area contributed by atoms with Crippen LogP contribution in [0.4, 0.5) is 0 Å². The second-order valence-corrected chi connectivity index (χ2v) is 7.47. The van der Waals surface area contributed by atoms with Gasteiger partial charge >= 0.3 is 0 Å². The summed E-state index contributed by atoms with van der Waals surface area (Å²) in [6.45, 7) is 8.93. The van der Waals surface area contributed by atoms with Crippen molar-refractivity contribution >= 4 is 9.84 Å². The molecule has 0 saturated carbocycles. The Bertz CT molecular complexity index is 523. The van der Waals surface area contributed by atoms with Gasteiger partial charge in [0.05, 0.1) is 10.6 Å². The third-order valence-electron chi connectivity index (χ3n) is 3.63. The van der Waals surface area contributed by atoms with Crippen molar-refractivity contribution in [2.75, 3.05) is 12.3 Å². The lowest BCUT2D eigenvalue weighted by Gasteiger charge is -2.15. The minimum absolute atomic E-state index is 0.235. The Balaban J connectivity index is 2.68. The Labute approximate surface area is 123 Å². The summed E-state index contributed by atoms with van der Waals surface area (Å²) in [7, 11) is -3.16. The van der Waals surface area contributed by atoms with E-state index in [1.165, 1.54) is 0 Å². The van der Waals surface area contributed by atoms with E-state index >= 15 is 0 Å². The third-order valence-corrected chi connectivity index (χ3v) is 5.57. The molecule has 1 atom stereocenters. The van der Waals surface area contributed by atoms with E-state index in [4.69, 9.17) is 0 Å². The number of hydrogen-bond donors (Lipinski definition) is 1. The first-order chi connectivity index (χ1) is 9.40. The SMILES string of the molecule is CCNC(CC)CCCS(=O)(=O)c1cc(C)ccc1C. The highest BCUT2D eigenvalue weighted by Gasteiger charge is 2.17. The fourth-order valence-corrected chi connectivity index (χ4v) is 4.10. The molecule has 0 aliphatic carbocycles. The molecule has 0 radical (unpaired) electrons. The standard InChI is InChI=1S/C16H27NO2S/c1-5-15(17-6-2)8-7-11-20(18,19)16-12-13(3)9-10-14(16)4/h9-10,12,15,17H,5-8,11H2,1-4H3. The summed E-state index contributed by atoms with van der Waals surface area (Å²) in [6.07, 6.45) is 2.66. The van der Waals surface area contributed by atoms with Crippen molar-refractivity contribution in [3.8, 4) is 0 Å². The molecule has 1 rings (SSSR count). The van der Waals surface area contributed by atoms with E-state index in [-0.39, 0.29) is 5.75 Å². The van der Waals surface area contributed by atoms with Gasteiger partial charge in [-0.05, 0) is 56.8 Å².